The van der Waals surface area contributed by atoms with Crippen molar-refractivity contribution in [1.29, 1.82) is 0 Å². The van der Waals surface area contributed by atoms with Gasteiger partial charge in [-0.15, -0.1) is 0 Å². The topological polar surface area (TPSA) is 45.1 Å². The molecule has 0 aliphatic rings. The second-order valence-corrected chi connectivity index (χ2v) is 5.97. The molecule has 2 N–H and O–H groups in total. The lowest BCUT2D eigenvalue weighted by Gasteiger charge is -2.26. The van der Waals surface area contributed by atoms with Gasteiger partial charge in [0.1, 0.15) is 5.82 Å². The summed E-state index contributed by atoms with van der Waals surface area (Å²) in [5, 5.41) is 13.5. The van der Waals surface area contributed by atoms with E-state index < -0.39 is 5.60 Å². The zero-order chi connectivity index (χ0) is 14.5. The lowest BCUT2D eigenvalue weighted by Crippen LogP contribution is -2.39. The minimum Gasteiger partial charge on any atom is -0.389 e. The van der Waals surface area contributed by atoms with Crippen LogP contribution in [0.2, 0.25) is 0 Å². The highest BCUT2D eigenvalue weighted by atomic mass is 19.1. The summed E-state index contributed by atoms with van der Waals surface area (Å²) in [6.45, 7) is 8.54. The molecule has 2 atom stereocenters. The van der Waals surface area contributed by atoms with Crippen molar-refractivity contribution >= 4 is 0 Å². The van der Waals surface area contributed by atoms with Gasteiger partial charge >= 0.3 is 0 Å². The zero-order valence-electron chi connectivity index (χ0n) is 12.3. The molecule has 2 unspecified atom stereocenters. The van der Waals surface area contributed by atoms with Gasteiger partial charge in [0, 0.05) is 18.8 Å². The SMILES string of the molecule is CC(C)CCC(C)(O)CNC(C)c1cncc(F)c1. The second-order valence-electron chi connectivity index (χ2n) is 5.97. The predicted molar refractivity (Wildman–Crippen MR) is 75.3 cm³/mol. The van der Waals surface area contributed by atoms with Crippen LogP contribution in [0.1, 0.15) is 52.1 Å². The number of nitrogens with one attached hydrogen (secondary N) is 1. The third kappa shape index (κ3) is 6.12. The Labute approximate surface area is 115 Å². The van der Waals surface area contributed by atoms with Crippen molar-refractivity contribution in [3.8, 4) is 0 Å². The second kappa shape index (κ2) is 6.96. The van der Waals surface area contributed by atoms with Crippen molar-refractivity contribution in [3.63, 3.8) is 0 Å². The Balaban J connectivity index is 2.47. The van der Waals surface area contributed by atoms with Gasteiger partial charge in [0.2, 0.25) is 0 Å². The van der Waals surface area contributed by atoms with E-state index >= 15 is 0 Å². The monoisotopic (exact) mass is 268 g/mol. The summed E-state index contributed by atoms with van der Waals surface area (Å²) in [6, 6.07) is 1.43. The first kappa shape index (κ1) is 16.1. The average molecular weight is 268 g/mol. The highest BCUT2D eigenvalue weighted by Gasteiger charge is 2.21. The summed E-state index contributed by atoms with van der Waals surface area (Å²) < 4.78 is 13.1. The van der Waals surface area contributed by atoms with Crippen LogP contribution < -0.4 is 5.32 Å². The van der Waals surface area contributed by atoms with Crippen molar-refractivity contribution in [1.82, 2.24) is 10.3 Å². The third-order valence-corrected chi connectivity index (χ3v) is 3.28. The van der Waals surface area contributed by atoms with E-state index in [9.17, 15) is 9.50 Å². The first-order valence-corrected chi connectivity index (χ1v) is 6.86. The molecule has 0 saturated heterocycles. The van der Waals surface area contributed by atoms with Crippen LogP contribution in [0.15, 0.2) is 18.5 Å². The molecule has 1 rings (SSSR count). The average Bonchev–Trinajstić information content (AvgIpc) is 2.34. The first-order chi connectivity index (χ1) is 8.80. The van der Waals surface area contributed by atoms with Crippen LogP contribution in [0.5, 0.6) is 0 Å². The fourth-order valence-electron chi connectivity index (χ4n) is 1.84. The summed E-state index contributed by atoms with van der Waals surface area (Å²) in [6.07, 6.45) is 4.58. The van der Waals surface area contributed by atoms with Crippen molar-refractivity contribution < 1.29 is 9.50 Å². The molecule has 4 heteroatoms. The lowest BCUT2D eigenvalue weighted by molar-refractivity contribution is 0.0430. The summed E-state index contributed by atoms with van der Waals surface area (Å²) in [7, 11) is 0. The minimum atomic E-state index is -0.737. The van der Waals surface area contributed by atoms with Gasteiger partial charge in [0.25, 0.3) is 0 Å². The normalized spacial score (nSPS) is 16.4. The van der Waals surface area contributed by atoms with E-state index in [2.05, 4.69) is 24.1 Å². The van der Waals surface area contributed by atoms with Crippen LogP contribution in [0.4, 0.5) is 4.39 Å². The smallest absolute Gasteiger partial charge is 0.141 e. The standard InChI is InChI=1S/C15H25FN2O/c1-11(2)5-6-15(4,19)10-18-12(3)13-7-14(16)9-17-8-13/h7-9,11-12,18-19H,5-6,10H2,1-4H3. The van der Waals surface area contributed by atoms with Gasteiger partial charge in [0.15, 0.2) is 0 Å². The Bertz CT molecular complexity index is 393. The van der Waals surface area contributed by atoms with E-state index in [4.69, 9.17) is 0 Å². The van der Waals surface area contributed by atoms with E-state index in [1.54, 1.807) is 6.20 Å². The predicted octanol–water partition coefficient (Wildman–Crippen LogP) is 3.06. The third-order valence-electron chi connectivity index (χ3n) is 3.28. The maximum absolute atomic E-state index is 13.1. The Kier molecular flexibility index (Phi) is 5.88. The molecule has 0 aliphatic carbocycles. The number of aromatic nitrogens is 1. The van der Waals surface area contributed by atoms with Crippen LogP contribution in [-0.4, -0.2) is 22.2 Å². The van der Waals surface area contributed by atoms with Gasteiger partial charge in [-0.1, -0.05) is 13.8 Å². The molecule has 0 bridgehead atoms. The van der Waals surface area contributed by atoms with E-state index in [0.29, 0.717) is 12.5 Å². The van der Waals surface area contributed by atoms with Crippen molar-refractivity contribution in [2.24, 2.45) is 5.92 Å². The molecule has 19 heavy (non-hydrogen) atoms. The zero-order valence-corrected chi connectivity index (χ0v) is 12.3. The summed E-state index contributed by atoms with van der Waals surface area (Å²) >= 11 is 0. The molecule has 0 aromatic carbocycles. The van der Waals surface area contributed by atoms with Gasteiger partial charge in [-0.3, -0.25) is 4.98 Å². The summed E-state index contributed by atoms with van der Waals surface area (Å²) in [5.41, 5.74) is 0.0545. The van der Waals surface area contributed by atoms with E-state index in [-0.39, 0.29) is 11.9 Å². The van der Waals surface area contributed by atoms with E-state index in [0.717, 1.165) is 18.4 Å². The molecule has 0 saturated carbocycles. The number of aliphatic hydroxyl groups is 1. The van der Waals surface area contributed by atoms with Crippen LogP contribution in [-0.2, 0) is 0 Å². The van der Waals surface area contributed by atoms with Gasteiger partial charge in [0.05, 0.1) is 11.8 Å². The molecule has 0 spiro atoms. The molecule has 3 nitrogen and oxygen atoms in total. The highest BCUT2D eigenvalue weighted by Crippen LogP contribution is 2.18. The maximum atomic E-state index is 13.1. The van der Waals surface area contributed by atoms with Gasteiger partial charge in [-0.2, -0.15) is 0 Å². The van der Waals surface area contributed by atoms with Crippen LogP contribution >= 0.6 is 0 Å². The molecule has 1 heterocycles. The molecule has 0 fully saturated rings. The molecule has 1 aromatic heterocycles. The van der Waals surface area contributed by atoms with Crippen LogP contribution in [0, 0.1) is 11.7 Å². The van der Waals surface area contributed by atoms with Crippen LogP contribution in [0.3, 0.4) is 0 Å². The summed E-state index contributed by atoms with van der Waals surface area (Å²) in [4.78, 5) is 3.83. The molecule has 108 valence electrons. The molecule has 0 aliphatic heterocycles. The fourth-order valence-corrected chi connectivity index (χ4v) is 1.84. The Morgan fingerprint density at radius 1 is 1.37 bits per heavy atom. The largest absolute Gasteiger partial charge is 0.389 e. The molecule has 1 aromatic rings. The number of nitrogens with zero attached hydrogens (tertiary/aromatic N) is 1. The van der Waals surface area contributed by atoms with Crippen LogP contribution in [0.25, 0.3) is 0 Å². The fraction of sp³-hybridized carbons (Fsp3) is 0.667. The quantitative estimate of drug-likeness (QED) is 0.799. The van der Waals surface area contributed by atoms with E-state index in [1.807, 2.05) is 13.8 Å². The lowest BCUT2D eigenvalue weighted by atomic mass is 9.95. The number of halogens is 1. The minimum absolute atomic E-state index is 0.0336. The van der Waals surface area contributed by atoms with Gasteiger partial charge in [-0.25, -0.2) is 4.39 Å². The molecular weight excluding hydrogens is 243 g/mol. The Morgan fingerprint density at radius 3 is 2.63 bits per heavy atom. The summed E-state index contributed by atoms with van der Waals surface area (Å²) in [5.74, 6) is 0.244. The van der Waals surface area contributed by atoms with Gasteiger partial charge < -0.3 is 10.4 Å². The van der Waals surface area contributed by atoms with Crippen molar-refractivity contribution in [2.75, 3.05) is 6.54 Å². The van der Waals surface area contributed by atoms with Gasteiger partial charge in [-0.05, 0) is 44.2 Å². The highest BCUT2D eigenvalue weighted by molar-refractivity contribution is 5.14. The Morgan fingerprint density at radius 2 is 2.05 bits per heavy atom. The molecule has 0 radical (unpaired) electrons. The number of rotatable bonds is 7. The number of hydrogen-bond donors (Lipinski definition) is 2. The van der Waals surface area contributed by atoms with Crippen molar-refractivity contribution in [3.05, 3.63) is 29.8 Å². The maximum Gasteiger partial charge on any atom is 0.141 e. The van der Waals surface area contributed by atoms with E-state index in [1.165, 1.54) is 12.3 Å². The molecule has 0 amide bonds. The first-order valence-electron chi connectivity index (χ1n) is 6.86. The van der Waals surface area contributed by atoms with Crippen molar-refractivity contribution in [2.45, 2.75) is 52.2 Å². The molecular formula is C15H25FN2O. The number of pyridine rings is 1. The number of hydrogen-bond acceptors (Lipinski definition) is 3. The Hall–Kier alpha value is -1.00.